The Morgan fingerprint density at radius 2 is 1.89 bits per heavy atom. The molecule has 0 fully saturated rings. The third-order valence-corrected chi connectivity index (χ3v) is 5.12. The Balaban J connectivity index is 2.05. The van der Waals surface area contributed by atoms with Crippen molar-refractivity contribution in [3.63, 3.8) is 0 Å². The van der Waals surface area contributed by atoms with Crippen molar-refractivity contribution in [2.24, 2.45) is 14.1 Å². The van der Waals surface area contributed by atoms with Crippen LogP contribution in [0.3, 0.4) is 0 Å². The molecule has 0 aliphatic carbocycles. The summed E-state index contributed by atoms with van der Waals surface area (Å²) in [7, 11) is 4.26. The highest BCUT2D eigenvalue weighted by Crippen LogP contribution is 2.43. The minimum absolute atomic E-state index is 0.108. The molecule has 146 valence electrons. The monoisotopic (exact) mass is 385 g/mol. The van der Waals surface area contributed by atoms with Crippen LogP contribution in [-0.2, 0) is 23.6 Å². The number of methoxy groups -OCH3 is 1. The van der Waals surface area contributed by atoms with E-state index in [1.54, 1.807) is 32.2 Å². The molecule has 0 saturated carbocycles. The third kappa shape index (κ3) is 2.43. The van der Waals surface area contributed by atoms with Gasteiger partial charge in [0.2, 0.25) is 6.79 Å². The van der Waals surface area contributed by atoms with Crippen molar-refractivity contribution < 1.29 is 19.0 Å². The molecule has 1 aromatic carbocycles. The van der Waals surface area contributed by atoms with Crippen LogP contribution in [-0.4, -0.2) is 29.0 Å². The molecule has 3 heterocycles. The number of allylic oxidation sites excluding steroid dienone is 1. The molecular weight excluding hydrogens is 366 g/mol. The minimum Gasteiger partial charge on any atom is -0.466 e. The van der Waals surface area contributed by atoms with Gasteiger partial charge >= 0.3 is 11.7 Å². The number of benzene rings is 1. The highest BCUT2D eigenvalue weighted by molar-refractivity contribution is 5.94. The standard InChI is InChI=1S/C19H19N3O6/c1-9-13(18(24)26-4)14(10-5-6-11-12(7-10)28-8-27-11)15-16(20-9)21(2)19(25)22(3)17(15)23/h5-7,14,20H,8H2,1-4H3/t14-/m0/s1. The van der Waals surface area contributed by atoms with Crippen LogP contribution in [0, 0.1) is 0 Å². The molecule has 1 atom stereocenters. The van der Waals surface area contributed by atoms with Crippen molar-refractivity contribution in [1.82, 2.24) is 9.13 Å². The molecule has 9 heteroatoms. The molecular formula is C19H19N3O6. The maximum absolute atomic E-state index is 13.0. The van der Waals surface area contributed by atoms with Gasteiger partial charge in [-0.3, -0.25) is 13.9 Å². The van der Waals surface area contributed by atoms with Gasteiger partial charge in [-0.1, -0.05) is 6.07 Å². The van der Waals surface area contributed by atoms with Crippen LogP contribution in [0.2, 0.25) is 0 Å². The zero-order chi connectivity index (χ0) is 20.2. The third-order valence-electron chi connectivity index (χ3n) is 5.12. The molecule has 9 nitrogen and oxygen atoms in total. The number of carbonyl (C=O) groups excluding carboxylic acids is 1. The Hall–Kier alpha value is -3.49. The van der Waals surface area contributed by atoms with Gasteiger partial charge in [-0.05, 0) is 24.6 Å². The highest BCUT2D eigenvalue weighted by atomic mass is 16.7. The van der Waals surface area contributed by atoms with Gasteiger partial charge in [-0.2, -0.15) is 0 Å². The van der Waals surface area contributed by atoms with Gasteiger partial charge in [-0.15, -0.1) is 0 Å². The van der Waals surface area contributed by atoms with Crippen LogP contribution in [0.5, 0.6) is 11.5 Å². The number of aromatic nitrogens is 2. The normalized spacial score (nSPS) is 17.2. The van der Waals surface area contributed by atoms with Crippen molar-refractivity contribution >= 4 is 11.8 Å². The van der Waals surface area contributed by atoms with Crippen molar-refractivity contribution in [2.45, 2.75) is 12.8 Å². The molecule has 2 aliphatic heterocycles. The fourth-order valence-corrected chi connectivity index (χ4v) is 3.69. The van der Waals surface area contributed by atoms with Gasteiger partial charge in [0.25, 0.3) is 5.56 Å². The lowest BCUT2D eigenvalue weighted by molar-refractivity contribution is -0.136. The second-order valence-corrected chi connectivity index (χ2v) is 6.67. The van der Waals surface area contributed by atoms with E-state index >= 15 is 0 Å². The smallest absolute Gasteiger partial charge is 0.336 e. The summed E-state index contributed by atoms with van der Waals surface area (Å²) >= 11 is 0. The van der Waals surface area contributed by atoms with E-state index < -0.39 is 23.1 Å². The number of fused-ring (bicyclic) bond motifs is 2. The van der Waals surface area contributed by atoms with Crippen LogP contribution < -0.4 is 26.0 Å². The Morgan fingerprint density at radius 1 is 1.18 bits per heavy atom. The topological polar surface area (TPSA) is 101 Å². The second kappa shape index (κ2) is 6.29. The quantitative estimate of drug-likeness (QED) is 0.764. The van der Waals surface area contributed by atoms with E-state index in [-0.39, 0.29) is 12.4 Å². The number of esters is 1. The van der Waals surface area contributed by atoms with E-state index in [4.69, 9.17) is 14.2 Å². The molecule has 2 aliphatic rings. The van der Waals surface area contributed by atoms with Crippen LogP contribution in [0.15, 0.2) is 39.1 Å². The first kappa shape index (κ1) is 17.9. The van der Waals surface area contributed by atoms with Gasteiger partial charge in [0.1, 0.15) is 5.82 Å². The molecule has 0 saturated heterocycles. The average Bonchev–Trinajstić information content (AvgIpc) is 3.17. The first-order chi connectivity index (χ1) is 13.3. The predicted molar refractivity (Wildman–Crippen MR) is 99.7 cm³/mol. The van der Waals surface area contributed by atoms with Gasteiger partial charge in [-0.25, -0.2) is 9.59 Å². The van der Waals surface area contributed by atoms with Crippen LogP contribution in [0.25, 0.3) is 0 Å². The molecule has 0 unspecified atom stereocenters. The molecule has 1 N–H and O–H groups in total. The molecule has 0 amide bonds. The predicted octanol–water partition coefficient (Wildman–Crippen LogP) is 0.817. The van der Waals surface area contributed by atoms with E-state index in [2.05, 4.69) is 5.32 Å². The van der Waals surface area contributed by atoms with E-state index in [0.29, 0.717) is 34.2 Å². The number of carbonyl (C=O) groups is 1. The average molecular weight is 385 g/mol. The second-order valence-electron chi connectivity index (χ2n) is 6.67. The molecule has 0 radical (unpaired) electrons. The van der Waals surface area contributed by atoms with Gasteiger partial charge < -0.3 is 19.5 Å². The number of nitrogens with one attached hydrogen (secondary N) is 1. The highest BCUT2D eigenvalue weighted by Gasteiger charge is 2.37. The Labute approximate surface area is 159 Å². The van der Waals surface area contributed by atoms with Gasteiger partial charge in [0, 0.05) is 19.8 Å². The SMILES string of the molecule is COC(=O)C1=C(C)Nc2c(c(=O)n(C)c(=O)n2C)[C@H]1c1ccc2c(c1)OCO2. The molecule has 4 rings (SSSR count). The zero-order valence-corrected chi connectivity index (χ0v) is 15.9. The Bertz CT molecular complexity index is 1160. The van der Waals surface area contributed by atoms with E-state index in [1.165, 1.54) is 18.7 Å². The summed E-state index contributed by atoms with van der Waals surface area (Å²) in [4.78, 5) is 38.0. The number of hydrogen-bond donors (Lipinski definition) is 1. The first-order valence-corrected chi connectivity index (χ1v) is 8.60. The number of ether oxygens (including phenoxy) is 3. The summed E-state index contributed by atoms with van der Waals surface area (Å²) < 4.78 is 18.2. The maximum atomic E-state index is 13.0. The fraction of sp³-hybridized carbons (Fsp3) is 0.316. The zero-order valence-electron chi connectivity index (χ0n) is 15.9. The minimum atomic E-state index is -0.733. The van der Waals surface area contributed by atoms with Crippen molar-refractivity contribution in [3.05, 3.63) is 61.4 Å². The Kier molecular flexibility index (Phi) is 4.02. The van der Waals surface area contributed by atoms with Crippen LogP contribution >= 0.6 is 0 Å². The fourth-order valence-electron chi connectivity index (χ4n) is 3.69. The van der Waals surface area contributed by atoms with Crippen LogP contribution in [0.1, 0.15) is 24.0 Å². The lowest BCUT2D eigenvalue weighted by Crippen LogP contribution is -2.43. The number of nitrogens with zero attached hydrogens (tertiary/aromatic N) is 2. The summed E-state index contributed by atoms with van der Waals surface area (Å²) in [6.45, 7) is 1.81. The maximum Gasteiger partial charge on any atom is 0.336 e. The lowest BCUT2D eigenvalue weighted by atomic mass is 9.82. The molecule has 28 heavy (non-hydrogen) atoms. The van der Waals surface area contributed by atoms with Gasteiger partial charge in [0.15, 0.2) is 11.5 Å². The van der Waals surface area contributed by atoms with E-state index in [1.807, 2.05) is 0 Å². The summed E-state index contributed by atoms with van der Waals surface area (Å²) in [5, 5.41) is 3.03. The molecule has 0 bridgehead atoms. The largest absolute Gasteiger partial charge is 0.466 e. The first-order valence-electron chi connectivity index (χ1n) is 8.60. The Morgan fingerprint density at radius 3 is 2.61 bits per heavy atom. The van der Waals surface area contributed by atoms with E-state index in [9.17, 15) is 14.4 Å². The summed E-state index contributed by atoms with van der Waals surface area (Å²) in [6, 6.07) is 5.24. The van der Waals surface area contributed by atoms with E-state index in [0.717, 1.165) is 4.57 Å². The summed E-state index contributed by atoms with van der Waals surface area (Å²) in [5.74, 6) is 0.173. The van der Waals surface area contributed by atoms with Gasteiger partial charge in [0.05, 0.1) is 24.2 Å². The van der Waals surface area contributed by atoms with Crippen LogP contribution in [0.4, 0.5) is 5.82 Å². The van der Waals surface area contributed by atoms with Crippen molar-refractivity contribution in [3.8, 4) is 11.5 Å². The molecule has 1 aromatic heterocycles. The number of hydrogen-bond acceptors (Lipinski definition) is 7. The molecule has 0 spiro atoms. The lowest BCUT2D eigenvalue weighted by Gasteiger charge is -2.30. The van der Waals surface area contributed by atoms with Crippen molar-refractivity contribution in [1.29, 1.82) is 0 Å². The number of anilines is 1. The molecule has 2 aromatic rings. The summed E-state index contributed by atoms with van der Waals surface area (Å²) in [6.07, 6.45) is 0. The number of rotatable bonds is 2. The van der Waals surface area contributed by atoms with Crippen molar-refractivity contribution in [2.75, 3.05) is 19.2 Å². The summed E-state index contributed by atoms with van der Waals surface area (Å²) in [5.41, 5.74) is 0.795.